The average molecular weight is 461 g/mol. The number of benzene rings is 1. The van der Waals surface area contributed by atoms with Gasteiger partial charge in [0.2, 0.25) is 0 Å². The molecule has 0 spiro atoms. The molecule has 33 heavy (non-hydrogen) atoms. The molecule has 0 amide bonds. The van der Waals surface area contributed by atoms with E-state index in [1.54, 1.807) is 34.1 Å². The maximum Gasteiger partial charge on any atom is 0.325 e. The first-order chi connectivity index (χ1) is 15.7. The summed E-state index contributed by atoms with van der Waals surface area (Å²) in [5.74, 6) is -0.385. The maximum atomic E-state index is 12.2. The third-order valence-corrected chi connectivity index (χ3v) is 5.71. The van der Waals surface area contributed by atoms with Crippen molar-refractivity contribution >= 4 is 17.9 Å². The fourth-order valence-electron chi connectivity index (χ4n) is 3.84. The Bertz CT molecular complexity index is 854. The Labute approximate surface area is 194 Å². The molecule has 1 atom stereocenters. The minimum atomic E-state index is -0.990. The van der Waals surface area contributed by atoms with Gasteiger partial charge in [0, 0.05) is 57.9 Å². The van der Waals surface area contributed by atoms with Crippen molar-refractivity contribution in [2.45, 2.75) is 6.04 Å². The van der Waals surface area contributed by atoms with E-state index in [4.69, 9.17) is 6.42 Å². The van der Waals surface area contributed by atoms with Gasteiger partial charge >= 0.3 is 17.9 Å². The number of likely N-dealkylation sites (N-methyl/N-ethyl adjacent to an activating group) is 1. The molecule has 0 saturated carbocycles. The molecule has 1 heterocycles. The number of carboxylic acids is 3. The molecule has 0 bridgehead atoms. The Morgan fingerprint density at radius 3 is 1.79 bits per heavy atom. The molecule has 0 aromatic heterocycles. The van der Waals surface area contributed by atoms with Crippen molar-refractivity contribution in [1.82, 2.24) is 19.6 Å². The molecule has 1 aromatic carbocycles. The summed E-state index contributed by atoms with van der Waals surface area (Å²) in [7, 11) is 1.91. The predicted molar refractivity (Wildman–Crippen MR) is 122 cm³/mol. The molecule has 3 N–H and O–H groups in total. The number of hydrogen-bond donors (Lipinski definition) is 3. The number of carboxylic acid groups (broad SMARTS) is 3. The van der Waals surface area contributed by atoms with Crippen LogP contribution in [0.4, 0.5) is 0 Å². The highest BCUT2D eigenvalue weighted by atomic mass is 16.4. The first kappa shape index (κ1) is 26.3. The number of carbonyl (C=O) groups is 3. The van der Waals surface area contributed by atoms with Gasteiger partial charge < -0.3 is 20.2 Å². The van der Waals surface area contributed by atoms with Crippen LogP contribution in [0, 0.1) is 12.3 Å². The molecule has 1 aromatic rings. The summed E-state index contributed by atoms with van der Waals surface area (Å²) in [5, 5.41) is 28.5. The van der Waals surface area contributed by atoms with Crippen molar-refractivity contribution in [3.05, 3.63) is 35.4 Å². The van der Waals surface area contributed by atoms with E-state index in [-0.39, 0.29) is 13.1 Å². The van der Waals surface area contributed by atoms with Crippen LogP contribution >= 0.6 is 0 Å². The molecular formula is C23H32N4O6. The molecule has 1 fully saturated rings. The number of rotatable bonds is 7. The summed E-state index contributed by atoms with van der Waals surface area (Å²) in [5.41, 5.74) is 1.27. The van der Waals surface area contributed by atoms with Crippen LogP contribution in [-0.2, 0) is 14.4 Å². The lowest BCUT2D eigenvalue weighted by Crippen LogP contribution is -2.48. The largest absolute Gasteiger partial charge is 0.480 e. The first-order valence-electron chi connectivity index (χ1n) is 10.8. The molecule has 1 aliphatic heterocycles. The highest BCUT2D eigenvalue weighted by Crippen LogP contribution is 2.22. The van der Waals surface area contributed by atoms with Gasteiger partial charge in [-0.2, -0.15) is 0 Å². The van der Waals surface area contributed by atoms with Crippen molar-refractivity contribution < 1.29 is 29.7 Å². The van der Waals surface area contributed by atoms with Gasteiger partial charge in [0.05, 0.1) is 13.1 Å². The molecule has 180 valence electrons. The summed E-state index contributed by atoms with van der Waals surface area (Å²) in [6.45, 7) is 3.27. The zero-order valence-corrected chi connectivity index (χ0v) is 18.9. The third-order valence-electron chi connectivity index (χ3n) is 5.71. The summed E-state index contributed by atoms with van der Waals surface area (Å²) < 4.78 is 0. The molecule has 10 nitrogen and oxygen atoms in total. The van der Waals surface area contributed by atoms with E-state index in [0.717, 1.165) is 0 Å². The normalized spacial score (nSPS) is 19.0. The number of nitrogens with zero attached hydrogens (tertiary/aromatic N) is 4. The van der Waals surface area contributed by atoms with Gasteiger partial charge in [-0.25, -0.2) is 0 Å². The quantitative estimate of drug-likeness (QED) is 0.472. The Kier molecular flexibility index (Phi) is 10.3. The SMILES string of the molecule is C#Cc1ccc(C(C(=O)O)N2CCN(C)CCN(CC(=O)O)CCN(CC(=O)O)CC2)cc1. The second-order valence-corrected chi connectivity index (χ2v) is 8.19. The Hall–Kier alpha value is -2.97. The van der Waals surface area contributed by atoms with E-state index in [9.17, 15) is 29.7 Å². The van der Waals surface area contributed by atoms with Crippen molar-refractivity contribution in [3.63, 3.8) is 0 Å². The van der Waals surface area contributed by atoms with Crippen LogP contribution in [-0.4, -0.2) is 125 Å². The van der Waals surface area contributed by atoms with Gasteiger partial charge in [-0.15, -0.1) is 6.42 Å². The van der Waals surface area contributed by atoms with Crippen LogP contribution in [0.2, 0.25) is 0 Å². The van der Waals surface area contributed by atoms with Crippen molar-refractivity contribution in [3.8, 4) is 12.3 Å². The molecule has 10 heteroatoms. The highest BCUT2D eigenvalue weighted by molar-refractivity contribution is 5.75. The topological polar surface area (TPSA) is 125 Å². The fourth-order valence-corrected chi connectivity index (χ4v) is 3.84. The van der Waals surface area contributed by atoms with Gasteiger partial charge in [-0.3, -0.25) is 29.1 Å². The smallest absolute Gasteiger partial charge is 0.325 e. The summed E-state index contributed by atoms with van der Waals surface area (Å²) in [4.78, 5) is 42.2. The van der Waals surface area contributed by atoms with Crippen molar-refractivity contribution in [1.29, 1.82) is 0 Å². The lowest BCUT2D eigenvalue weighted by molar-refractivity contribution is -0.144. The lowest BCUT2D eigenvalue weighted by atomic mass is 10.0. The molecule has 0 aliphatic carbocycles. The van der Waals surface area contributed by atoms with Crippen LogP contribution < -0.4 is 0 Å². The van der Waals surface area contributed by atoms with Crippen LogP contribution in [0.3, 0.4) is 0 Å². The molecule has 1 aliphatic rings. The van der Waals surface area contributed by atoms with E-state index < -0.39 is 23.9 Å². The van der Waals surface area contributed by atoms with Crippen LogP contribution in [0.5, 0.6) is 0 Å². The van der Waals surface area contributed by atoms with Crippen LogP contribution in [0.15, 0.2) is 24.3 Å². The van der Waals surface area contributed by atoms with Gasteiger partial charge in [0.25, 0.3) is 0 Å². The Balaban J connectivity index is 2.25. The number of terminal acetylenes is 1. The van der Waals surface area contributed by atoms with Crippen LogP contribution in [0.1, 0.15) is 17.2 Å². The minimum absolute atomic E-state index is 0.115. The van der Waals surface area contributed by atoms with Crippen molar-refractivity contribution in [2.24, 2.45) is 0 Å². The fraction of sp³-hybridized carbons (Fsp3) is 0.522. The second kappa shape index (κ2) is 12.9. The van der Waals surface area contributed by atoms with E-state index in [1.165, 1.54) is 0 Å². The highest BCUT2D eigenvalue weighted by Gasteiger charge is 2.28. The van der Waals surface area contributed by atoms with E-state index in [2.05, 4.69) is 5.92 Å². The summed E-state index contributed by atoms with van der Waals surface area (Å²) in [6.07, 6.45) is 5.41. The van der Waals surface area contributed by atoms with Gasteiger partial charge in [-0.1, -0.05) is 18.1 Å². The second-order valence-electron chi connectivity index (χ2n) is 8.19. The number of aliphatic carboxylic acids is 3. The average Bonchev–Trinajstić information content (AvgIpc) is 2.75. The van der Waals surface area contributed by atoms with Crippen LogP contribution in [0.25, 0.3) is 0 Å². The first-order valence-corrected chi connectivity index (χ1v) is 10.8. The molecular weight excluding hydrogens is 428 g/mol. The minimum Gasteiger partial charge on any atom is -0.480 e. The van der Waals surface area contributed by atoms with Gasteiger partial charge in [0.15, 0.2) is 0 Å². The van der Waals surface area contributed by atoms with E-state index in [1.807, 2.05) is 16.8 Å². The Morgan fingerprint density at radius 2 is 1.30 bits per heavy atom. The molecule has 1 saturated heterocycles. The third kappa shape index (κ3) is 8.82. The standard InChI is InChI=1S/C23H32N4O6/c1-3-18-4-6-19(7-5-18)22(23(32)33)27-14-9-24(2)8-10-25(16-20(28)29)11-12-26(13-15-27)17-21(30)31/h1,4-7,22H,8-17H2,2H3,(H,28,29)(H,30,31)(H,32,33). The Morgan fingerprint density at radius 1 is 0.848 bits per heavy atom. The molecule has 2 rings (SSSR count). The zero-order valence-electron chi connectivity index (χ0n) is 18.9. The van der Waals surface area contributed by atoms with E-state index >= 15 is 0 Å². The maximum absolute atomic E-state index is 12.2. The van der Waals surface area contributed by atoms with Gasteiger partial charge in [0.1, 0.15) is 6.04 Å². The van der Waals surface area contributed by atoms with Crippen molar-refractivity contribution in [2.75, 3.05) is 72.5 Å². The summed E-state index contributed by atoms with van der Waals surface area (Å²) in [6, 6.07) is 5.95. The van der Waals surface area contributed by atoms with Gasteiger partial charge in [-0.05, 0) is 24.7 Å². The molecule has 0 radical (unpaired) electrons. The molecule has 1 unspecified atom stereocenters. The zero-order chi connectivity index (χ0) is 24.4. The predicted octanol–water partition coefficient (Wildman–Crippen LogP) is -0.186. The number of hydrogen-bond acceptors (Lipinski definition) is 7. The monoisotopic (exact) mass is 460 g/mol. The lowest BCUT2D eigenvalue weighted by Gasteiger charge is -2.35. The summed E-state index contributed by atoms with van der Waals surface area (Å²) >= 11 is 0. The van der Waals surface area contributed by atoms with E-state index in [0.29, 0.717) is 63.5 Å².